The van der Waals surface area contributed by atoms with Crippen molar-refractivity contribution in [2.75, 3.05) is 6.54 Å². The van der Waals surface area contributed by atoms with Crippen LogP contribution in [0.2, 0.25) is 6.32 Å². The Hall–Kier alpha value is -0.625. The summed E-state index contributed by atoms with van der Waals surface area (Å²) in [5, 5.41) is 35.6. The molecule has 0 radical (unpaired) electrons. The molecule has 0 rings (SSSR count). The van der Waals surface area contributed by atoms with Crippen molar-refractivity contribution >= 4 is 13.1 Å². The van der Waals surface area contributed by atoms with Crippen LogP contribution in [-0.4, -0.2) is 46.0 Å². The summed E-state index contributed by atoms with van der Waals surface area (Å²) >= 11 is 0. The lowest BCUT2D eigenvalue weighted by Gasteiger charge is -2.21. The standard InChI is InChI=1S/C9H20BNO5/c11-6-4-7(3-5-10(15)16)8(12)1-2-9(13)14/h7-8,12,15-16H,1-6,11H2,(H,13,14)/t7-,8-/m0/s1. The van der Waals surface area contributed by atoms with E-state index >= 15 is 0 Å². The molecule has 6 N–H and O–H groups in total. The topological polar surface area (TPSA) is 124 Å². The van der Waals surface area contributed by atoms with Crippen LogP contribution in [0, 0.1) is 5.92 Å². The SMILES string of the molecule is NCC[C@H](CCB(O)O)[C@@H](O)CCC(=O)O. The van der Waals surface area contributed by atoms with E-state index in [1.165, 1.54) is 0 Å². The van der Waals surface area contributed by atoms with E-state index in [1.807, 2.05) is 0 Å². The van der Waals surface area contributed by atoms with Gasteiger partial charge in [-0.25, -0.2) is 0 Å². The fourth-order valence-electron chi connectivity index (χ4n) is 1.61. The highest BCUT2D eigenvalue weighted by Crippen LogP contribution is 2.19. The zero-order chi connectivity index (χ0) is 12.6. The van der Waals surface area contributed by atoms with Gasteiger partial charge in [0.15, 0.2) is 0 Å². The van der Waals surface area contributed by atoms with Crippen molar-refractivity contribution in [1.82, 2.24) is 0 Å². The molecule has 0 aromatic heterocycles. The Labute approximate surface area is 95.2 Å². The van der Waals surface area contributed by atoms with Crippen LogP contribution in [-0.2, 0) is 4.79 Å². The lowest BCUT2D eigenvalue weighted by atomic mass is 9.78. The van der Waals surface area contributed by atoms with E-state index in [-0.39, 0.29) is 25.1 Å². The van der Waals surface area contributed by atoms with Crippen LogP contribution in [0.15, 0.2) is 0 Å². The highest BCUT2D eigenvalue weighted by molar-refractivity contribution is 6.40. The van der Waals surface area contributed by atoms with Crippen LogP contribution in [0.4, 0.5) is 0 Å². The van der Waals surface area contributed by atoms with Crippen molar-refractivity contribution in [3.8, 4) is 0 Å². The largest absolute Gasteiger partial charge is 0.481 e. The van der Waals surface area contributed by atoms with Crippen molar-refractivity contribution in [2.45, 2.75) is 38.1 Å². The Balaban J connectivity index is 4.01. The molecule has 0 aromatic rings. The molecule has 94 valence electrons. The van der Waals surface area contributed by atoms with Crippen LogP contribution < -0.4 is 5.73 Å². The van der Waals surface area contributed by atoms with Gasteiger partial charge in [0, 0.05) is 6.42 Å². The van der Waals surface area contributed by atoms with Gasteiger partial charge in [0.05, 0.1) is 6.10 Å². The third-order valence-electron chi connectivity index (χ3n) is 2.53. The van der Waals surface area contributed by atoms with Gasteiger partial charge in [-0.05, 0) is 38.0 Å². The van der Waals surface area contributed by atoms with Crippen LogP contribution in [0.25, 0.3) is 0 Å². The molecule has 0 aliphatic heterocycles. The number of carbonyl (C=O) groups is 1. The Morgan fingerprint density at radius 1 is 1.25 bits per heavy atom. The summed E-state index contributed by atoms with van der Waals surface area (Å²) in [6, 6.07) is 0. The number of hydrogen-bond donors (Lipinski definition) is 5. The third kappa shape index (κ3) is 7.64. The molecule has 0 bridgehead atoms. The first-order chi connectivity index (χ1) is 7.47. The molecule has 0 fully saturated rings. The second kappa shape index (κ2) is 8.52. The van der Waals surface area contributed by atoms with Gasteiger partial charge in [-0.2, -0.15) is 0 Å². The van der Waals surface area contributed by atoms with E-state index in [0.717, 1.165) is 0 Å². The second-order valence-corrected chi connectivity index (χ2v) is 3.90. The average Bonchev–Trinajstić information content (AvgIpc) is 2.20. The summed E-state index contributed by atoms with van der Waals surface area (Å²) in [4.78, 5) is 10.3. The molecule has 16 heavy (non-hydrogen) atoms. The molecule has 0 unspecified atom stereocenters. The molecule has 0 aliphatic carbocycles. The van der Waals surface area contributed by atoms with Crippen molar-refractivity contribution in [2.24, 2.45) is 11.7 Å². The smallest absolute Gasteiger partial charge is 0.451 e. The second-order valence-electron chi connectivity index (χ2n) is 3.90. The van der Waals surface area contributed by atoms with Gasteiger partial charge in [-0.15, -0.1) is 0 Å². The van der Waals surface area contributed by atoms with E-state index in [4.69, 9.17) is 20.9 Å². The summed E-state index contributed by atoms with van der Waals surface area (Å²) in [7, 11) is -1.40. The summed E-state index contributed by atoms with van der Waals surface area (Å²) in [5.74, 6) is -1.13. The summed E-state index contributed by atoms with van der Waals surface area (Å²) < 4.78 is 0. The van der Waals surface area contributed by atoms with Gasteiger partial charge < -0.3 is 26.0 Å². The zero-order valence-corrected chi connectivity index (χ0v) is 9.25. The number of nitrogens with two attached hydrogens (primary N) is 1. The molecule has 7 heteroatoms. The highest BCUT2D eigenvalue weighted by atomic mass is 16.4. The van der Waals surface area contributed by atoms with E-state index in [9.17, 15) is 9.90 Å². The molecule has 0 heterocycles. The first kappa shape index (κ1) is 15.4. The van der Waals surface area contributed by atoms with Crippen LogP contribution in [0.1, 0.15) is 25.7 Å². The predicted molar refractivity (Wildman–Crippen MR) is 59.7 cm³/mol. The van der Waals surface area contributed by atoms with Gasteiger partial charge in [0.2, 0.25) is 0 Å². The summed E-state index contributed by atoms with van der Waals surface area (Å²) in [6.45, 7) is 0.385. The Morgan fingerprint density at radius 3 is 2.31 bits per heavy atom. The van der Waals surface area contributed by atoms with Crippen molar-refractivity contribution < 1.29 is 25.1 Å². The monoisotopic (exact) mass is 233 g/mol. The van der Waals surface area contributed by atoms with Gasteiger partial charge in [-0.3, -0.25) is 4.79 Å². The Morgan fingerprint density at radius 2 is 1.88 bits per heavy atom. The number of rotatable bonds is 9. The van der Waals surface area contributed by atoms with Crippen LogP contribution in [0.5, 0.6) is 0 Å². The first-order valence-corrected chi connectivity index (χ1v) is 5.43. The van der Waals surface area contributed by atoms with E-state index in [1.54, 1.807) is 0 Å². The van der Waals surface area contributed by atoms with Crippen LogP contribution >= 0.6 is 0 Å². The lowest BCUT2D eigenvalue weighted by molar-refractivity contribution is -0.137. The molecule has 2 atom stereocenters. The molecule has 0 saturated heterocycles. The molecule has 0 spiro atoms. The number of carboxylic acids is 1. The molecule has 0 aromatic carbocycles. The number of hydrogen-bond acceptors (Lipinski definition) is 5. The quantitative estimate of drug-likeness (QED) is 0.327. The molecular formula is C9H20BNO5. The normalized spacial score (nSPS) is 14.5. The summed E-state index contributed by atoms with van der Waals surface area (Å²) in [5.41, 5.74) is 5.38. The van der Waals surface area contributed by atoms with Crippen molar-refractivity contribution in [1.29, 1.82) is 0 Å². The number of aliphatic hydroxyl groups excluding tert-OH is 1. The maximum Gasteiger partial charge on any atom is 0.451 e. The fourth-order valence-corrected chi connectivity index (χ4v) is 1.61. The number of aliphatic hydroxyl groups is 1. The molecule has 0 aliphatic rings. The lowest BCUT2D eigenvalue weighted by Crippen LogP contribution is -2.26. The van der Waals surface area contributed by atoms with E-state index in [0.29, 0.717) is 19.4 Å². The summed E-state index contributed by atoms with van der Waals surface area (Å²) in [6.07, 6.45) is 0.460. The fraction of sp³-hybridized carbons (Fsp3) is 0.889. The van der Waals surface area contributed by atoms with E-state index in [2.05, 4.69) is 0 Å². The van der Waals surface area contributed by atoms with Crippen molar-refractivity contribution in [3.05, 3.63) is 0 Å². The van der Waals surface area contributed by atoms with Gasteiger partial charge in [-0.1, -0.05) is 0 Å². The average molecular weight is 233 g/mol. The van der Waals surface area contributed by atoms with Gasteiger partial charge in [0.25, 0.3) is 0 Å². The number of aliphatic carboxylic acids is 1. The Kier molecular flexibility index (Phi) is 8.19. The molecule has 6 nitrogen and oxygen atoms in total. The highest BCUT2D eigenvalue weighted by Gasteiger charge is 2.21. The minimum Gasteiger partial charge on any atom is -0.481 e. The van der Waals surface area contributed by atoms with Gasteiger partial charge in [0.1, 0.15) is 0 Å². The van der Waals surface area contributed by atoms with Gasteiger partial charge >= 0.3 is 13.1 Å². The molecule has 0 saturated carbocycles. The predicted octanol–water partition coefficient (Wildman–Crippen LogP) is -0.960. The molecular weight excluding hydrogens is 213 g/mol. The van der Waals surface area contributed by atoms with E-state index < -0.39 is 19.2 Å². The minimum absolute atomic E-state index is 0.0933. The van der Waals surface area contributed by atoms with Crippen LogP contribution in [0.3, 0.4) is 0 Å². The third-order valence-corrected chi connectivity index (χ3v) is 2.53. The number of carboxylic acid groups (broad SMARTS) is 1. The maximum absolute atomic E-state index is 10.3. The zero-order valence-electron chi connectivity index (χ0n) is 9.25. The maximum atomic E-state index is 10.3. The first-order valence-electron chi connectivity index (χ1n) is 5.43. The minimum atomic E-state index is -1.40. The van der Waals surface area contributed by atoms with Crippen molar-refractivity contribution in [3.63, 3.8) is 0 Å². The Bertz CT molecular complexity index is 202. The molecule has 0 amide bonds.